The van der Waals surface area contributed by atoms with E-state index in [0.29, 0.717) is 12.0 Å². The summed E-state index contributed by atoms with van der Waals surface area (Å²) in [6.45, 7) is 7.34. The van der Waals surface area contributed by atoms with Crippen molar-refractivity contribution < 1.29 is 4.79 Å². The fourth-order valence-corrected chi connectivity index (χ4v) is 3.03. The lowest BCUT2D eigenvalue weighted by molar-refractivity contribution is 0.0897. The molecule has 0 aromatic heterocycles. The van der Waals surface area contributed by atoms with Gasteiger partial charge in [-0.2, -0.15) is 0 Å². The molecule has 1 fully saturated rings. The highest BCUT2D eigenvalue weighted by molar-refractivity contribution is 9.10. The van der Waals surface area contributed by atoms with Gasteiger partial charge >= 0.3 is 0 Å². The minimum atomic E-state index is 0.0196. The van der Waals surface area contributed by atoms with E-state index >= 15 is 0 Å². The van der Waals surface area contributed by atoms with Crippen LogP contribution in [0.1, 0.15) is 36.2 Å². The van der Waals surface area contributed by atoms with E-state index in [1.165, 1.54) is 0 Å². The van der Waals surface area contributed by atoms with Gasteiger partial charge < -0.3 is 10.6 Å². The van der Waals surface area contributed by atoms with Gasteiger partial charge in [-0.1, -0.05) is 28.9 Å². The van der Waals surface area contributed by atoms with Gasteiger partial charge in [-0.05, 0) is 50.4 Å². The van der Waals surface area contributed by atoms with E-state index in [1.54, 1.807) is 0 Å². The number of aryl methyl sites for hydroxylation is 1. The van der Waals surface area contributed by atoms with Gasteiger partial charge in [0.25, 0.3) is 5.91 Å². The lowest BCUT2D eigenvalue weighted by Crippen LogP contribution is -2.56. The Hall–Kier alpha value is -0.870. The van der Waals surface area contributed by atoms with Crippen LogP contribution < -0.4 is 10.6 Å². The molecule has 104 valence electrons. The zero-order chi connectivity index (χ0) is 14.0. The van der Waals surface area contributed by atoms with Crippen molar-refractivity contribution in [1.82, 2.24) is 10.6 Å². The van der Waals surface area contributed by atoms with E-state index in [1.807, 2.05) is 25.1 Å². The molecule has 1 aromatic rings. The molecule has 0 saturated carbocycles. The fourth-order valence-electron chi connectivity index (χ4n) is 2.67. The summed E-state index contributed by atoms with van der Waals surface area (Å²) in [6.07, 6.45) is 1.10. The molecule has 2 N–H and O–H groups in total. The number of hydrogen-bond acceptors (Lipinski definition) is 2. The Bertz CT molecular complexity index is 465. The predicted molar refractivity (Wildman–Crippen MR) is 81.4 cm³/mol. The van der Waals surface area contributed by atoms with Crippen molar-refractivity contribution in [2.24, 2.45) is 5.92 Å². The first-order valence-electron chi connectivity index (χ1n) is 6.79. The van der Waals surface area contributed by atoms with Crippen LogP contribution in [-0.2, 0) is 0 Å². The second-order valence-corrected chi connectivity index (χ2v) is 6.38. The molecule has 3 unspecified atom stereocenters. The summed E-state index contributed by atoms with van der Waals surface area (Å²) < 4.78 is 0.936. The average Bonchev–Trinajstić information content (AvgIpc) is 2.37. The van der Waals surface area contributed by atoms with E-state index in [0.717, 1.165) is 28.6 Å². The molecule has 1 amide bonds. The van der Waals surface area contributed by atoms with Crippen LogP contribution in [0.5, 0.6) is 0 Å². The Kier molecular flexibility index (Phi) is 4.63. The number of halogens is 1. The average molecular weight is 325 g/mol. The number of benzene rings is 1. The fraction of sp³-hybridized carbons (Fsp3) is 0.533. The maximum Gasteiger partial charge on any atom is 0.251 e. The topological polar surface area (TPSA) is 41.1 Å². The smallest absolute Gasteiger partial charge is 0.251 e. The lowest BCUT2D eigenvalue weighted by Gasteiger charge is -2.36. The third kappa shape index (κ3) is 3.37. The largest absolute Gasteiger partial charge is 0.347 e. The Balaban J connectivity index is 2.14. The van der Waals surface area contributed by atoms with E-state index in [4.69, 9.17) is 0 Å². The highest BCUT2D eigenvalue weighted by atomic mass is 79.9. The summed E-state index contributed by atoms with van der Waals surface area (Å²) in [5, 5.41) is 6.60. The monoisotopic (exact) mass is 324 g/mol. The number of hydrogen-bond donors (Lipinski definition) is 2. The molecular formula is C15H21BrN2O. The number of amides is 1. The van der Waals surface area contributed by atoms with Crippen molar-refractivity contribution in [1.29, 1.82) is 0 Å². The van der Waals surface area contributed by atoms with Crippen molar-refractivity contribution in [2.45, 2.75) is 39.3 Å². The van der Waals surface area contributed by atoms with Crippen LogP contribution in [0.15, 0.2) is 22.7 Å². The normalized spacial score (nSPS) is 27.1. The van der Waals surface area contributed by atoms with Gasteiger partial charge in [0, 0.05) is 22.1 Å². The van der Waals surface area contributed by atoms with Crippen LogP contribution in [0.2, 0.25) is 0 Å². The lowest BCUT2D eigenvalue weighted by atomic mass is 9.89. The third-order valence-corrected chi connectivity index (χ3v) is 4.45. The van der Waals surface area contributed by atoms with Crippen molar-refractivity contribution in [3.8, 4) is 0 Å². The summed E-state index contributed by atoms with van der Waals surface area (Å²) in [6, 6.07) is 6.32. The molecule has 0 aliphatic carbocycles. The van der Waals surface area contributed by atoms with Crippen LogP contribution >= 0.6 is 15.9 Å². The number of piperidine rings is 1. The molecule has 0 radical (unpaired) electrons. The van der Waals surface area contributed by atoms with Crippen LogP contribution in [0.3, 0.4) is 0 Å². The second-order valence-electron chi connectivity index (χ2n) is 5.47. The van der Waals surface area contributed by atoms with E-state index < -0.39 is 0 Å². The molecule has 1 saturated heterocycles. The quantitative estimate of drug-likeness (QED) is 0.878. The van der Waals surface area contributed by atoms with E-state index in [-0.39, 0.29) is 11.9 Å². The standard InChI is InChI=1S/C15H21BrN2O/c1-9-4-5-12(16)8-13(9)15(19)18-14-10(2)6-7-17-11(14)3/h4-5,8,10-11,14,17H,6-7H2,1-3H3,(H,18,19). The summed E-state index contributed by atoms with van der Waals surface area (Å²) in [7, 11) is 0. The second kappa shape index (κ2) is 6.06. The Morgan fingerprint density at radius 2 is 2.16 bits per heavy atom. The van der Waals surface area contributed by atoms with E-state index in [9.17, 15) is 4.79 Å². The number of carbonyl (C=O) groups excluding carboxylic acids is 1. The van der Waals surface area contributed by atoms with Crippen molar-refractivity contribution in [2.75, 3.05) is 6.54 Å². The molecule has 1 heterocycles. The summed E-state index contributed by atoms with van der Waals surface area (Å²) in [5.41, 5.74) is 1.75. The Labute approximate surface area is 123 Å². The highest BCUT2D eigenvalue weighted by Crippen LogP contribution is 2.19. The first kappa shape index (κ1) is 14.5. The van der Waals surface area contributed by atoms with Crippen molar-refractivity contribution >= 4 is 21.8 Å². The maximum absolute atomic E-state index is 12.4. The predicted octanol–water partition coefficient (Wildman–Crippen LogP) is 2.87. The summed E-state index contributed by atoms with van der Waals surface area (Å²) in [4.78, 5) is 12.4. The molecule has 1 aliphatic rings. The van der Waals surface area contributed by atoms with Gasteiger partial charge in [0.05, 0.1) is 0 Å². The maximum atomic E-state index is 12.4. The first-order chi connectivity index (χ1) is 8.99. The number of rotatable bonds is 2. The van der Waals surface area contributed by atoms with Gasteiger partial charge in [0.15, 0.2) is 0 Å². The first-order valence-corrected chi connectivity index (χ1v) is 7.58. The van der Waals surface area contributed by atoms with Gasteiger partial charge in [-0.3, -0.25) is 4.79 Å². The van der Waals surface area contributed by atoms with Crippen molar-refractivity contribution in [3.63, 3.8) is 0 Å². The molecule has 3 atom stereocenters. The molecule has 1 aliphatic heterocycles. The zero-order valence-electron chi connectivity index (χ0n) is 11.7. The van der Waals surface area contributed by atoms with Gasteiger partial charge in [-0.25, -0.2) is 0 Å². The number of carbonyl (C=O) groups is 1. The molecule has 4 heteroatoms. The molecule has 19 heavy (non-hydrogen) atoms. The molecule has 2 rings (SSSR count). The highest BCUT2D eigenvalue weighted by Gasteiger charge is 2.29. The summed E-state index contributed by atoms with van der Waals surface area (Å²) >= 11 is 3.42. The van der Waals surface area contributed by atoms with Crippen LogP contribution in [0.25, 0.3) is 0 Å². The Morgan fingerprint density at radius 3 is 2.84 bits per heavy atom. The minimum Gasteiger partial charge on any atom is -0.347 e. The van der Waals surface area contributed by atoms with Gasteiger partial charge in [-0.15, -0.1) is 0 Å². The van der Waals surface area contributed by atoms with Crippen LogP contribution in [0.4, 0.5) is 0 Å². The number of nitrogens with one attached hydrogen (secondary N) is 2. The molecule has 3 nitrogen and oxygen atoms in total. The van der Waals surface area contributed by atoms with Crippen LogP contribution in [-0.4, -0.2) is 24.5 Å². The SMILES string of the molecule is Cc1ccc(Br)cc1C(=O)NC1C(C)CCNC1C. The van der Waals surface area contributed by atoms with Gasteiger partial charge in [0.2, 0.25) is 0 Å². The van der Waals surface area contributed by atoms with Crippen molar-refractivity contribution in [3.05, 3.63) is 33.8 Å². The molecule has 0 bridgehead atoms. The van der Waals surface area contributed by atoms with E-state index in [2.05, 4.69) is 40.4 Å². The molecule has 0 spiro atoms. The minimum absolute atomic E-state index is 0.0196. The Morgan fingerprint density at radius 1 is 1.42 bits per heavy atom. The third-order valence-electron chi connectivity index (χ3n) is 3.96. The van der Waals surface area contributed by atoms with Crippen LogP contribution in [0, 0.1) is 12.8 Å². The van der Waals surface area contributed by atoms with Gasteiger partial charge in [0.1, 0.15) is 0 Å². The molecule has 1 aromatic carbocycles. The molecular weight excluding hydrogens is 304 g/mol. The zero-order valence-corrected chi connectivity index (χ0v) is 13.3. The summed E-state index contributed by atoms with van der Waals surface area (Å²) in [5.74, 6) is 0.527.